The van der Waals surface area contributed by atoms with Crippen molar-refractivity contribution in [3.63, 3.8) is 0 Å². The highest BCUT2D eigenvalue weighted by atomic mass is 19.1. The molecule has 0 bridgehead atoms. The summed E-state index contributed by atoms with van der Waals surface area (Å²) in [6, 6.07) is 0. The van der Waals surface area contributed by atoms with Crippen LogP contribution in [0.15, 0.2) is 16.8 Å². The predicted molar refractivity (Wildman–Crippen MR) is 40.1 cm³/mol. The largest absolute Gasteiger partial charge is 0.501 e. The molecule has 0 spiro atoms. The molecule has 0 aliphatic carbocycles. The number of alkyl halides is 1. The standard InChI is InChI=1S/C7H12FNO/c1-6(10-3)4-7(5-8)9-2/h4H,5H2,1-3H3/b6-4-,9-7-. The summed E-state index contributed by atoms with van der Waals surface area (Å²) in [5.74, 6) is 0.665. The van der Waals surface area contributed by atoms with Crippen LogP contribution in [-0.4, -0.2) is 26.5 Å². The van der Waals surface area contributed by atoms with E-state index in [0.717, 1.165) is 0 Å². The van der Waals surface area contributed by atoms with Gasteiger partial charge in [-0.3, -0.25) is 4.99 Å². The van der Waals surface area contributed by atoms with Crippen LogP contribution in [0.1, 0.15) is 6.92 Å². The number of rotatable bonds is 3. The van der Waals surface area contributed by atoms with Gasteiger partial charge in [-0.25, -0.2) is 4.39 Å². The fourth-order valence-electron chi connectivity index (χ4n) is 0.456. The minimum absolute atomic E-state index is 0.402. The summed E-state index contributed by atoms with van der Waals surface area (Å²) in [7, 11) is 3.09. The molecule has 2 nitrogen and oxygen atoms in total. The quantitative estimate of drug-likeness (QED) is 0.436. The van der Waals surface area contributed by atoms with Gasteiger partial charge in [0.25, 0.3) is 0 Å². The van der Waals surface area contributed by atoms with Crippen LogP contribution < -0.4 is 0 Å². The fraction of sp³-hybridized carbons (Fsp3) is 0.571. The molecule has 0 saturated heterocycles. The summed E-state index contributed by atoms with van der Waals surface area (Å²) in [5.41, 5.74) is 0.402. The zero-order chi connectivity index (χ0) is 7.98. The first-order valence-electron chi connectivity index (χ1n) is 2.98. The van der Waals surface area contributed by atoms with E-state index in [1.807, 2.05) is 0 Å². The molecule has 0 radical (unpaired) electrons. The number of halogens is 1. The molecule has 0 amide bonds. The molecule has 0 aromatic carbocycles. The van der Waals surface area contributed by atoms with Crippen molar-refractivity contribution in [2.75, 3.05) is 20.8 Å². The highest BCUT2D eigenvalue weighted by Gasteiger charge is 1.92. The predicted octanol–water partition coefficient (Wildman–Crippen LogP) is 1.58. The number of hydrogen-bond acceptors (Lipinski definition) is 2. The molecule has 0 heterocycles. The molecule has 0 aliphatic heterocycles. The van der Waals surface area contributed by atoms with Gasteiger partial charge < -0.3 is 4.74 Å². The Balaban J connectivity index is 4.08. The number of allylic oxidation sites excluding steroid dienone is 2. The first kappa shape index (κ1) is 9.14. The normalized spacial score (nSPS) is 13.6. The molecular formula is C7H12FNO. The van der Waals surface area contributed by atoms with Crippen LogP contribution in [0.3, 0.4) is 0 Å². The molecule has 3 heteroatoms. The molecule has 0 rings (SSSR count). The second-order valence-electron chi connectivity index (χ2n) is 1.81. The van der Waals surface area contributed by atoms with E-state index in [9.17, 15) is 4.39 Å². The maximum Gasteiger partial charge on any atom is 0.131 e. The van der Waals surface area contributed by atoms with Crippen LogP contribution in [0.5, 0.6) is 0 Å². The number of aliphatic imine (C=N–C) groups is 1. The van der Waals surface area contributed by atoms with E-state index < -0.39 is 6.67 Å². The zero-order valence-corrected chi connectivity index (χ0v) is 6.52. The number of ether oxygens (including phenoxy) is 1. The lowest BCUT2D eigenvalue weighted by atomic mass is 10.3. The molecule has 0 N–H and O–H groups in total. The zero-order valence-electron chi connectivity index (χ0n) is 6.52. The Hall–Kier alpha value is -0.860. The topological polar surface area (TPSA) is 21.6 Å². The van der Waals surface area contributed by atoms with E-state index in [2.05, 4.69) is 4.99 Å². The maximum atomic E-state index is 11.9. The molecule has 0 unspecified atom stereocenters. The Labute approximate surface area is 60.4 Å². The molecule has 0 aromatic rings. The van der Waals surface area contributed by atoms with Crippen LogP contribution in [0, 0.1) is 0 Å². The van der Waals surface area contributed by atoms with Crippen molar-refractivity contribution in [2.24, 2.45) is 4.99 Å². The Morgan fingerprint density at radius 3 is 2.60 bits per heavy atom. The van der Waals surface area contributed by atoms with Crippen molar-refractivity contribution in [3.05, 3.63) is 11.8 Å². The number of methoxy groups -OCH3 is 1. The fourth-order valence-corrected chi connectivity index (χ4v) is 0.456. The van der Waals surface area contributed by atoms with Gasteiger partial charge in [-0.15, -0.1) is 0 Å². The summed E-state index contributed by atoms with van der Waals surface area (Å²) in [5, 5.41) is 0. The van der Waals surface area contributed by atoms with E-state index >= 15 is 0 Å². The van der Waals surface area contributed by atoms with E-state index in [1.165, 1.54) is 7.11 Å². The highest BCUT2D eigenvalue weighted by molar-refractivity contribution is 5.96. The molecule has 10 heavy (non-hydrogen) atoms. The Morgan fingerprint density at radius 1 is 1.70 bits per heavy atom. The van der Waals surface area contributed by atoms with Gasteiger partial charge in [0.05, 0.1) is 18.6 Å². The van der Waals surface area contributed by atoms with Gasteiger partial charge in [-0.2, -0.15) is 0 Å². The van der Waals surface area contributed by atoms with Gasteiger partial charge in [-0.05, 0) is 13.0 Å². The first-order valence-corrected chi connectivity index (χ1v) is 2.98. The lowest BCUT2D eigenvalue weighted by molar-refractivity contribution is 0.294. The molecule has 0 aliphatic rings. The van der Waals surface area contributed by atoms with E-state index in [0.29, 0.717) is 11.5 Å². The average molecular weight is 145 g/mol. The number of hydrogen-bond donors (Lipinski definition) is 0. The van der Waals surface area contributed by atoms with Gasteiger partial charge in [-0.1, -0.05) is 0 Å². The van der Waals surface area contributed by atoms with Crippen LogP contribution in [0.2, 0.25) is 0 Å². The van der Waals surface area contributed by atoms with Gasteiger partial charge in [0.1, 0.15) is 6.67 Å². The third-order valence-corrected chi connectivity index (χ3v) is 1.12. The van der Waals surface area contributed by atoms with Crippen LogP contribution >= 0.6 is 0 Å². The van der Waals surface area contributed by atoms with Gasteiger partial charge in [0.2, 0.25) is 0 Å². The molecule has 0 aromatic heterocycles. The third kappa shape index (κ3) is 3.22. The molecule has 0 fully saturated rings. The molecule has 0 atom stereocenters. The van der Waals surface area contributed by atoms with Crippen LogP contribution in [0.4, 0.5) is 4.39 Å². The van der Waals surface area contributed by atoms with E-state index in [1.54, 1.807) is 20.0 Å². The van der Waals surface area contributed by atoms with Gasteiger partial charge in [0, 0.05) is 7.05 Å². The lowest BCUT2D eigenvalue weighted by Gasteiger charge is -1.97. The summed E-state index contributed by atoms with van der Waals surface area (Å²) >= 11 is 0. The minimum Gasteiger partial charge on any atom is -0.501 e. The summed E-state index contributed by atoms with van der Waals surface area (Å²) in [6.45, 7) is 1.21. The van der Waals surface area contributed by atoms with Crippen molar-refractivity contribution >= 4 is 5.71 Å². The minimum atomic E-state index is -0.544. The highest BCUT2D eigenvalue weighted by Crippen LogP contribution is 1.93. The van der Waals surface area contributed by atoms with Gasteiger partial charge >= 0.3 is 0 Å². The Kier molecular flexibility index (Phi) is 4.54. The van der Waals surface area contributed by atoms with Crippen molar-refractivity contribution < 1.29 is 9.13 Å². The monoisotopic (exact) mass is 145 g/mol. The summed E-state index contributed by atoms with van der Waals surface area (Å²) < 4.78 is 16.7. The molecular weight excluding hydrogens is 133 g/mol. The van der Waals surface area contributed by atoms with Crippen LogP contribution in [0.25, 0.3) is 0 Å². The SMILES string of the molecule is C/N=C(/C=C(/C)OC)CF. The Morgan fingerprint density at radius 2 is 2.30 bits per heavy atom. The van der Waals surface area contributed by atoms with Crippen molar-refractivity contribution in [1.29, 1.82) is 0 Å². The summed E-state index contributed by atoms with van der Waals surface area (Å²) in [6.07, 6.45) is 1.57. The summed E-state index contributed by atoms with van der Waals surface area (Å²) in [4.78, 5) is 3.68. The number of nitrogens with zero attached hydrogens (tertiary/aromatic N) is 1. The van der Waals surface area contributed by atoms with Crippen molar-refractivity contribution in [2.45, 2.75) is 6.92 Å². The van der Waals surface area contributed by atoms with Crippen molar-refractivity contribution in [1.82, 2.24) is 0 Å². The second-order valence-corrected chi connectivity index (χ2v) is 1.81. The van der Waals surface area contributed by atoms with Gasteiger partial charge in [0.15, 0.2) is 0 Å². The average Bonchev–Trinajstić information content (AvgIpc) is 1.99. The maximum absolute atomic E-state index is 11.9. The molecule has 58 valence electrons. The van der Waals surface area contributed by atoms with E-state index in [-0.39, 0.29) is 0 Å². The smallest absolute Gasteiger partial charge is 0.131 e. The van der Waals surface area contributed by atoms with Crippen LogP contribution in [-0.2, 0) is 4.74 Å². The first-order chi connectivity index (χ1) is 4.74. The van der Waals surface area contributed by atoms with Crippen molar-refractivity contribution in [3.8, 4) is 0 Å². The third-order valence-electron chi connectivity index (χ3n) is 1.12. The Bertz CT molecular complexity index is 152. The molecule has 0 saturated carbocycles. The van der Waals surface area contributed by atoms with E-state index in [4.69, 9.17) is 4.74 Å². The lowest BCUT2D eigenvalue weighted by Crippen LogP contribution is -1.97. The second kappa shape index (κ2) is 4.97.